The molecular formula is C23H34N4O3. The Kier molecular flexibility index (Phi) is 6.46. The molecule has 3 aliphatic rings. The number of benzene rings is 1. The molecule has 7 nitrogen and oxygen atoms in total. The first kappa shape index (κ1) is 21.0. The van der Waals surface area contributed by atoms with Crippen molar-refractivity contribution in [1.29, 1.82) is 0 Å². The minimum absolute atomic E-state index is 0.0200. The Morgan fingerprint density at radius 3 is 2.50 bits per heavy atom. The van der Waals surface area contributed by atoms with E-state index < -0.39 is 0 Å². The number of hydrogen-bond acceptors (Lipinski definition) is 5. The molecule has 0 bridgehead atoms. The van der Waals surface area contributed by atoms with Gasteiger partial charge in [-0.25, -0.2) is 4.79 Å². The summed E-state index contributed by atoms with van der Waals surface area (Å²) in [5.74, 6) is 2.14. The van der Waals surface area contributed by atoms with Gasteiger partial charge in [-0.3, -0.25) is 9.89 Å². The zero-order valence-corrected chi connectivity index (χ0v) is 18.5. The molecule has 3 aliphatic heterocycles. The predicted octanol–water partition coefficient (Wildman–Crippen LogP) is 3.22. The largest absolute Gasteiger partial charge is 0.497 e. The number of methoxy groups -OCH3 is 1. The van der Waals surface area contributed by atoms with Crippen molar-refractivity contribution >= 4 is 11.9 Å². The quantitative estimate of drug-likeness (QED) is 0.742. The summed E-state index contributed by atoms with van der Waals surface area (Å²) in [6, 6.07) is 6.42. The van der Waals surface area contributed by atoms with E-state index >= 15 is 0 Å². The van der Waals surface area contributed by atoms with E-state index in [0.29, 0.717) is 30.7 Å². The van der Waals surface area contributed by atoms with Crippen LogP contribution in [0.15, 0.2) is 23.2 Å². The number of amidine groups is 1. The Hall–Kier alpha value is -2.28. The van der Waals surface area contributed by atoms with Crippen molar-refractivity contribution in [3.8, 4) is 11.5 Å². The van der Waals surface area contributed by atoms with Crippen molar-refractivity contribution in [3.63, 3.8) is 0 Å². The number of piperidine rings is 1. The third-order valence-corrected chi connectivity index (χ3v) is 6.26. The van der Waals surface area contributed by atoms with Gasteiger partial charge in [0.25, 0.3) is 0 Å². The standard InChI is InChI=1S/C23H34N4O3/c1-17(2)30-21-16-19(29-3)6-7-20(21)22-24-10-15-27(22)23(28)26-13-8-18(9-14-26)25-11-4-5-12-25/h6-7,16-18H,4-5,8-15H2,1-3H3. The third-order valence-electron chi connectivity index (χ3n) is 6.26. The van der Waals surface area contributed by atoms with E-state index in [9.17, 15) is 4.79 Å². The van der Waals surface area contributed by atoms with Gasteiger partial charge in [-0.15, -0.1) is 0 Å². The molecule has 2 saturated heterocycles. The van der Waals surface area contributed by atoms with Crippen LogP contribution < -0.4 is 9.47 Å². The van der Waals surface area contributed by atoms with Crippen LogP contribution in [-0.2, 0) is 0 Å². The van der Waals surface area contributed by atoms with E-state index in [-0.39, 0.29) is 12.1 Å². The SMILES string of the molecule is COc1ccc(C2=NCCN2C(=O)N2CCC(N3CCCC3)CC2)c(OC(C)C)c1. The van der Waals surface area contributed by atoms with Crippen LogP contribution in [0.3, 0.4) is 0 Å². The van der Waals surface area contributed by atoms with Crippen LogP contribution >= 0.6 is 0 Å². The molecule has 4 rings (SSSR count). The highest BCUT2D eigenvalue weighted by atomic mass is 16.5. The van der Waals surface area contributed by atoms with Crippen LogP contribution in [0, 0.1) is 0 Å². The molecule has 0 atom stereocenters. The maximum atomic E-state index is 13.4. The molecule has 7 heteroatoms. The smallest absolute Gasteiger partial charge is 0.325 e. The Morgan fingerprint density at radius 1 is 1.10 bits per heavy atom. The first-order chi connectivity index (χ1) is 14.6. The molecule has 2 amide bonds. The number of carbonyl (C=O) groups is 1. The fourth-order valence-corrected chi connectivity index (χ4v) is 4.73. The van der Waals surface area contributed by atoms with E-state index in [1.807, 2.05) is 41.8 Å². The molecule has 0 aliphatic carbocycles. The van der Waals surface area contributed by atoms with Crippen molar-refractivity contribution < 1.29 is 14.3 Å². The van der Waals surface area contributed by atoms with Gasteiger partial charge in [-0.2, -0.15) is 0 Å². The number of carbonyl (C=O) groups excluding carboxylic acids is 1. The molecule has 0 saturated carbocycles. The number of amides is 2. The molecule has 1 aromatic carbocycles. The second-order valence-electron chi connectivity index (χ2n) is 8.63. The number of hydrogen-bond donors (Lipinski definition) is 0. The van der Waals surface area contributed by atoms with Gasteiger partial charge in [0.05, 0.1) is 25.3 Å². The summed E-state index contributed by atoms with van der Waals surface area (Å²) in [5, 5.41) is 0. The Balaban J connectivity index is 1.46. The summed E-state index contributed by atoms with van der Waals surface area (Å²) in [6.07, 6.45) is 4.78. The van der Waals surface area contributed by atoms with Crippen LogP contribution in [0.2, 0.25) is 0 Å². The van der Waals surface area contributed by atoms with E-state index in [2.05, 4.69) is 9.89 Å². The molecule has 164 valence electrons. The molecule has 30 heavy (non-hydrogen) atoms. The average Bonchev–Trinajstić information content (AvgIpc) is 3.45. The molecule has 0 aromatic heterocycles. The minimum atomic E-state index is 0.0200. The first-order valence-electron chi connectivity index (χ1n) is 11.3. The predicted molar refractivity (Wildman–Crippen MR) is 118 cm³/mol. The summed E-state index contributed by atoms with van der Waals surface area (Å²) in [5.41, 5.74) is 0.849. The minimum Gasteiger partial charge on any atom is -0.497 e. The number of urea groups is 1. The van der Waals surface area contributed by atoms with Crippen LogP contribution in [0.25, 0.3) is 0 Å². The zero-order chi connectivity index (χ0) is 21.1. The Morgan fingerprint density at radius 2 is 1.83 bits per heavy atom. The number of likely N-dealkylation sites (tertiary alicyclic amines) is 2. The van der Waals surface area contributed by atoms with Crippen LogP contribution in [0.5, 0.6) is 11.5 Å². The number of ether oxygens (including phenoxy) is 2. The molecule has 0 unspecified atom stereocenters. The second-order valence-corrected chi connectivity index (χ2v) is 8.63. The maximum absolute atomic E-state index is 13.4. The lowest BCUT2D eigenvalue weighted by Crippen LogP contribution is -2.51. The molecule has 1 aromatic rings. The summed E-state index contributed by atoms with van der Waals surface area (Å²) in [4.78, 5) is 24.5. The highest BCUT2D eigenvalue weighted by molar-refractivity contribution is 6.10. The van der Waals surface area contributed by atoms with E-state index in [4.69, 9.17) is 9.47 Å². The van der Waals surface area contributed by atoms with Crippen LogP contribution in [0.1, 0.15) is 45.1 Å². The molecule has 2 fully saturated rings. The monoisotopic (exact) mass is 414 g/mol. The number of rotatable bonds is 5. The lowest BCUT2D eigenvalue weighted by Gasteiger charge is -2.38. The lowest BCUT2D eigenvalue weighted by atomic mass is 10.0. The van der Waals surface area contributed by atoms with Gasteiger partial charge >= 0.3 is 6.03 Å². The van der Waals surface area contributed by atoms with Gasteiger partial charge in [0.1, 0.15) is 17.3 Å². The molecular weight excluding hydrogens is 380 g/mol. The van der Waals surface area contributed by atoms with Crippen molar-refractivity contribution in [2.45, 2.75) is 51.7 Å². The van der Waals surface area contributed by atoms with Crippen LogP contribution in [0.4, 0.5) is 4.79 Å². The Labute approximate surface area is 179 Å². The van der Waals surface area contributed by atoms with E-state index in [1.54, 1.807) is 7.11 Å². The summed E-state index contributed by atoms with van der Waals surface area (Å²) >= 11 is 0. The Bertz CT molecular complexity index is 781. The van der Waals surface area contributed by atoms with Gasteiger partial charge in [0, 0.05) is 31.7 Å². The molecule has 0 N–H and O–H groups in total. The summed E-state index contributed by atoms with van der Waals surface area (Å²) in [6.45, 7) is 9.31. The normalized spacial score (nSPS) is 20.7. The van der Waals surface area contributed by atoms with Crippen molar-refractivity contribution in [3.05, 3.63) is 23.8 Å². The summed E-state index contributed by atoms with van der Waals surface area (Å²) in [7, 11) is 1.64. The van der Waals surface area contributed by atoms with E-state index in [1.165, 1.54) is 25.9 Å². The zero-order valence-electron chi connectivity index (χ0n) is 18.5. The third kappa shape index (κ3) is 4.41. The summed E-state index contributed by atoms with van der Waals surface area (Å²) < 4.78 is 11.4. The first-order valence-corrected chi connectivity index (χ1v) is 11.3. The van der Waals surface area contributed by atoms with Gasteiger partial charge in [-0.05, 0) is 64.8 Å². The molecule has 0 spiro atoms. The van der Waals surface area contributed by atoms with Crippen molar-refractivity contribution in [2.24, 2.45) is 4.99 Å². The molecule has 3 heterocycles. The van der Waals surface area contributed by atoms with Gasteiger partial charge in [0.15, 0.2) is 0 Å². The van der Waals surface area contributed by atoms with Gasteiger partial charge < -0.3 is 19.3 Å². The maximum Gasteiger partial charge on any atom is 0.325 e. The van der Waals surface area contributed by atoms with Gasteiger partial charge in [0.2, 0.25) is 0 Å². The van der Waals surface area contributed by atoms with Crippen molar-refractivity contribution in [1.82, 2.24) is 14.7 Å². The highest BCUT2D eigenvalue weighted by Crippen LogP contribution is 2.29. The second kappa shape index (κ2) is 9.25. The number of nitrogens with zero attached hydrogens (tertiary/aromatic N) is 4. The van der Waals surface area contributed by atoms with Gasteiger partial charge in [-0.1, -0.05) is 0 Å². The average molecular weight is 415 g/mol. The van der Waals surface area contributed by atoms with E-state index in [0.717, 1.165) is 37.2 Å². The number of aliphatic imine (C=N–C) groups is 1. The lowest BCUT2D eigenvalue weighted by molar-refractivity contribution is 0.124. The topological polar surface area (TPSA) is 57.6 Å². The molecule has 0 radical (unpaired) electrons. The van der Waals surface area contributed by atoms with Crippen LogP contribution in [-0.4, -0.2) is 85.1 Å². The fraction of sp³-hybridized carbons (Fsp3) is 0.652. The fourth-order valence-electron chi connectivity index (χ4n) is 4.73. The highest BCUT2D eigenvalue weighted by Gasteiger charge is 2.34. The van der Waals surface area contributed by atoms with Crippen molar-refractivity contribution in [2.75, 3.05) is 46.4 Å².